The number of nitrogens with zero attached hydrogens (tertiary/aromatic N) is 1. The van der Waals surface area contributed by atoms with Crippen molar-refractivity contribution in [3.8, 4) is 0 Å². The van der Waals surface area contributed by atoms with E-state index in [2.05, 4.69) is 10.2 Å². The number of likely N-dealkylation sites (tertiary alicyclic amines) is 1. The van der Waals surface area contributed by atoms with Crippen LogP contribution in [0.2, 0.25) is 0 Å². The van der Waals surface area contributed by atoms with Gasteiger partial charge >= 0.3 is 0 Å². The topological polar surface area (TPSA) is 52.6 Å². The lowest BCUT2D eigenvalue weighted by Gasteiger charge is -2.31. The largest absolute Gasteiger partial charge is 0.394 e. The lowest BCUT2D eigenvalue weighted by atomic mass is 9.94. The molecule has 0 aromatic heterocycles. The van der Waals surface area contributed by atoms with E-state index in [1.807, 2.05) is 30.3 Å². The SMILES string of the molecule is O=C(NC(CO)c1ccccc1)C1CCN(C2CCCCC2)C1. The molecule has 4 nitrogen and oxygen atoms in total. The van der Waals surface area contributed by atoms with E-state index in [4.69, 9.17) is 0 Å². The van der Waals surface area contributed by atoms with E-state index in [0.29, 0.717) is 6.04 Å². The number of benzene rings is 1. The highest BCUT2D eigenvalue weighted by atomic mass is 16.3. The molecular weight excluding hydrogens is 288 g/mol. The van der Waals surface area contributed by atoms with E-state index in [-0.39, 0.29) is 24.5 Å². The third kappa shape index (κ3) is 4.12. The Kier molecular flexibility index (Phi) is 5.68. The summed E-state index contributed by atoms with van der Waals surface area (Å²) in [5.41, 5.74) is 0.963. The molecular formula is C19H28N2O2. The number of aliphatic hydroxyl groups excluding tert-OH is 1. The number of hydrogen-bond donors (Lipinski definition) is 2. The van der Waals surface area contributed by atoms with Gasteiger partial charge in [-0.15, -0.1) is 0 Å². The number of carbonyl (C=O) groups is 1. The predicted molar refractivity (Wildman–Crippen MR) is 91.0 cm³/mol. The summed E-state index contributed by atoms with van der Waals surface area (Å²) < 4.78 is 0. The third-order valence-corrected chi connectivity index (χ3v) is 5.38. The number of aliphatic hydroxyl groups is 1. The molecule has 0 radical (unpaired) electrons. The summed E-state index contributed by atoms with van der Waals surface area (Å²) in [6, 6.07) is 10.1. The van der Waals surface area contributed by atoms with E-state index in [9.17, 15) is 9.90 Å². The summed E-state index contributed by atoms with van der Waals surface area (Å²) in [4.78, 5) is 15.1. The van der Waals surface area contributed by atoms with Crippen LogP contribution in [0.3, 0.4) is 0 Å². The Labute approximate surface area is 138 Å². The first-order valence-electron chi connectivity index (χ1n) is 8.98. The molecule has 1 aliphatic heterocycles. The number of rotatable bonds is 5. The Bertz CT molecular complexity index is 499. The van der Waals surface area contributed by atoms with Crippen molar-refractivity contribution < 1.29 is 9.90 Å². The summed E-state index contributed by atoms with van der Waals surface area (Å²) in [6.07, 6.45) is 7.55. The average Bonchev–Trinajstić information content (AvgIpc) is 3.11. The summed E-state index contributed by atoms with van der Waals surface area (Å²) in [5.74, 6) is 0.154. The van der Waals surface area contributed by atoms with E-state index >= 15 is 0 Å². The minimum Gasteiger partial charge on any atom is -0.394 e. The fraction of sp³-hybridized carbons (Fsp3) is 0.632. The maximum absolute atomic E-state index is 12.6. The fourth-order valence-corrected chi connectivity index (χ4v) is 3.99. The predicted octanol–water partition coefficient (Wildman–Crippen LogP) is 2.49. The molecule has 2 aliphatic rings. The number of carbonyl (C=O) groups excluding carboxylic acids is 1. The van der Waals surface area contributed by atoms with Crippen molar-refractivity contribution >= 4 is 5.91 Å². The lowest BCUT2D eigenvalue weighted by Crippen LogP contribution is -2.39. The van der Waals surface area contributed by atoms with Crippen LogP contribution in [-0.4, -0.2) is 41.7 Å². The average molecular weight is 316 g/mol. The highest BCUT2D eigenvalue weighted by Gasteiger charge is 2.33. The van der Waals surface area contributed by atoms with Gasteiger partial charge in [0.1, 0.15) is 0 Å². The molecule has 2 N–H and O–H groups in total. The van der Waals surface area contributed by atoms with Crippen molar-refractivity contribution in [1.82, 2.24) is 10.2 Å². The van der Waals surface area contributed by atoms with Gasteiger partial charge in [0.15, 0.2) is 0 Å². The Morgan fingerprint density at radius 3 is 2.61 bits per heavy atom. The maximum Gasteiger partial charge on any atom is 0.225 e. The second kappa shape index (κ2) is 7.93. The van der Waals surface area contributed by atoms with Gasteiger partial charge in [0.2, 0.25) is 5.91 Å². The standard InChI is InChI=1S/C19H28N2O2/c22-14-18(15-7-3-1-4-8-15)20-19(23)16-11-12-21(13-16)17-9-5-2-6-10-17/h1,3-4,7-8,16-18,22H,2,5-6,9-14H2,(H,20,23). The van der Waals surface area contributed by atoms with Crippen LogP contribution in [-0.2, 0) is 4.79 Å². The van der Waals surface area contributed by atoms with E-state index < -0.39 is 0 Å². The van der Waals surface area contributed by atoms with Crippen LogP contribution in [0.4, 0.5) is 0 Å². The second-order valence-corrected chi connectivity index (χ2v) is 6.93. The minimum absolute atomic E-state index is 0.0607. The van der Waals surface area contributed by atoms with E-state index in [1.54, 1.807) is 0 Å². The zero-order valence-corrected chi connectivity index (χ0v) is 13.8. The summed E-state index contributed by atoms with van der Waals surface area (Å²) in [7, 11) is 0. The van der Waals surface area contributed by atoms with Gasteiger partial charge in [-0.05, 0) is 31.4 Å². The van der Waals surface area contributed by atoms with E-state index in [1.165, 1.54) is 32.1 Å². The molecule has 1 aromatic rings. The molecule has 3 rings (SSSR count). The molecule has 1 heterocycles. The zero-order valence-electron chi connectivity index (χ0n) is 13.8. The van der Waals surface area contributed by atoms with Crippen LogP contribution in [0.5, 0.6) is 0 Å². The Hall–Kier alpha value is -1.39. The van der Waals surface area contributed by atoms with Gasteiger partial charge in [0.25, 0.3) is 0 Å². The molecule has 4 heteroatoms. The third-order valence-electron chi connectivity index (χ3n) is 5.38. The molecule has 1 saturated heterocycles. The van der Waals surface area contributed by atoms with Gasteiger partial charge in [0.05, 0.1) is 18.6 Å². The number of hydrogen-bond acceptors (Lipinski definition) is 3. The first-order valence-corrected chi connectivity index (χ1v) is 8.98. The quantitative estimate of drug-likeness (QED) is 0.877. The van der Waals surface area contributed by atoms with Crippen molar-refractivity contribution in [3.63, 3.8) is 0 Å². The van der Waals surface area contributed by atoms with E-state index in [0.717, 1.165) is 25.1 Å². The van der Waals surface area contributed by atoms with Gasteiger partial charge in [0, 0.05) is 12.6 Å². The number of nitrogens with one attached hydrogen (secondary N) is 1. The van der Waals surface area contributed by atoms with Crippen LogP contribution in [0.25, 0.3) is 0 Å². The minimum atomic E-state index is -0.299. The maximum atomic E-state index is 12.6. The molecule has 0 bridgehead atoms. The first kappa shape index (κ1) is 16.5. The lowest BCUT2D eigenvalue weighted by molar-refractivity contribution is -0.125. The smallest absolute Gasteiger partial charge is 0.225 e. The van der Waals surface area contributed by atoms with Crippen LogP contribution in [0.15, 0.2) is 30.3 Å². The molecule has 126 valence electrons. The molecule has 23 heavy (non-hydrogen) atoms. The second-order valence-electron chi connectivity index (χ2n) is 6.93. The molecule has 2 atom stereocenters. The summed E-state index contributed by atoms with van der Waals surface area (Å²) in [6.45, 7) is 1.86. The molecule has 1 saturated carbocycles. The van der Waals surface area contributed by atoms with Gasteiger partial charge in [-0.3, -0.25) is 9.69 Å². The Balaban J connectivity index is 1.54. The molecule has 1 aromatic carbocycles. The summed E-state index contributed by atoms with van der Waals surface area (Å²) in [5, 5.41) is 12.6. The van der Waals surface area contributed by atoms with Crippen molar-refractivity contribution in [2.75, 3.05) is 19.7 Å². The van der Waals surface area contributed by atoms with Gasteiger partial charge in [-0.25, -0.2) is 0 Å². The molecule has 2 fully saturated rings. The van der Waals surface area contributed by atoms with Crippen molar-refractivity contribution in [2.45, 2.75) is 50.6 Å². The van der Waals surface area contributed by atoms with Gasteiger partial charge in [-0.2, -0.15) is 0 Å². The van der Waals surface area contributed by atoms with Gasteiger partial charge in [-0.1, -0.05) is 49.6 Å². The Morgan fingerprint density at radius 1 is 1.17 bits per heavy atom. The zero-order chi connectivity index (χ0) is 16.1. The summed E-state index contributed by atoms with van der Waals surface area (Å²) >= 11 is 0. The first-order chi connectivity index (χ1) is 11.3. The molecule has 2 unspecified atom stereocenters. The highest BCUT2D eigenvalue weighted by Crippen LogP contribution is 2.28. The molecule has 0 spiro atoms. The molecule has 1 aliphatic carbocycles. The van der Waals surface area contributed by atoms with Crippen molar-refractivity contribution in [3.05, 3.63) is 35.9 Å². The number of amides is 1. The van der Waals surface area contributed by atoms with Crippen molar-refractivity contribution in [2.24, 2.45) is 5.92 Å². The Morgan fingerprint density at radius 2 is 1.91 bits per heavy atom. The normalized spacial score (nSPS) is 24.5. The van der Waals surface area contributed by atoms with Crippen molar-refractivity contribution in [1.29, 1.82) is 0 Å². The molecule has 1 amide bonds. The van der Waals surface area contributed by atoms with Crippen LogP contribution in [0, 0.1) is 5.92 Å². The van der Waals surface area contributed by atoms with Crippen LogP contribution in [0.1, 0.15) is 50.1 Å². The fourth-order valence-electron chi connectivity index (χ4n) is 3.99. The van der Waals surface area contributed by atoms with Crippen LogP contribution < -0.4 is 5.32 Å². The van der Waals surface area contributed by atoms with Crippen LogP contribution >= 0.6 is 0 Å². The van der Waals surface area contributed by atoms with Gasteiger partial charge < -0.3 is 10.4 Å². The monoisotopic (exact) mass is 316 g/mol. The highest BCUT2D eigenvalue weighted by molar-refractivity contribution is 5.79.